The molecule has 2 N–H and O–H groups in total. The van der Waals surface area contributed by atoms with E-state index in [4.69, 9.17) is 5.26 Å². The predicted octanol–water partition coefficient (Wildman–Crippen LogP) is 4.11. The van der Waals surface area contributed by atoms with Crippen molar-refractivity contribution in [3.63, 3.8) is 0 Å². The Morgan fingerprint density at radius 2 is 1.71 bits per heavy atom. The van der Waals surface area contributed by atoms with Crippen molar-refractivity contribution in [2.75, 3.05) is 10.6 Å². The number of hydrogen-bond acceptors (Lipinski definition) is 5. The molecule has 0 amide bonds. The summed E-state index contributed by atoms with van der Waals surface area (Å²) in [7, 11) is 0. The average Bonchev–Trinajstić information content (AvgIpc) is 2.58. The fraction of sp³-hybridized carbons (Fsp3) is 0. The summed E-state index contributed by atoms with van der Waals surface area (Å²) in [5.74, 6) is -0.565. The van der Waals surface area contributed by atoms with Crippen molar-refractivity contribution in [2.24, 2.45) is 0 Å². The van der Waals surface area contributed by atoms with Gasteiger partial charge >= 0.3 is 0 Å². The first-order valence-electron chi connectivity index (χ1n) is 6.95. The number of benzene rings is 2. The Balaban J connectivity index is 1.80. The molecule has 0 spiro atoms. The van der Waals surface area contributed by atoms with Crippen LogP contribution < -0.4 is 10.6 Å². The minimum atomic E-state index is -0.718. The van der Waals surface area contributed by atoms with Crippen LogP contribution in [0, 0.1) is 23.0 Å². The van der Waals surface area contributed by atoms with E-state index in [-0.39, 0.29) is 5.69 Å². The van der Waals surface area contributed by atoms with Gasteiger partial charge in [0.2, 0.25) is 0 Å². The van der Waals surface area contributed by atoms with E-state index >= 15 is 0 Å². The number of nitrogens with zero attached hydrogens (tertiary/aromatic N) is 3. The van der Waals surface area contributed by atoms with Gasteiger partial charge in [-0.15, -0.1) is 0 Å². The summed E-state index contributed by atoms with van der Waals surface area (Å²) in [6, 6.07) is 13.7. The van der Waals surface area contributed by atoms with Gasteiger partial charge in [-0.1, -0.05) is 6.07 Å². The summed E-state index contributed by atoms with van der Waals surface area (Å²) in [5.41, 5.74) is 1.31. The fourth-order valence-electron chi connectivity index (χ4n) is 2.04. The molecule has 0 radical (unpaired) electrons. The standard InChI is InChI=1S/C17H11F2N5/c18-12-4-5-15(14(19)7-12)24-17-8-16(21-10-22-17)23-13-3-1-2-11(6-13)9-20/h1-8,10H,(H2,21,22,23,24). The smallest absolute Gasteiger partial charge is 0.149 e. The summed E-state index contributed by atoms with van der Waals surface area (Å²) in [5, 5.41) is 14.7. The lowest BCUT2D eigenvalue weighted by Crippen LogP contribution is -2.00. The van der Waals surface area contributed by atoms with Crippen molar-refractivity contribution < 1.29 is 8.78 Å². The third-order valence-corrected chi connectivity index (χ3v) is 3.13. The zero-order valence-electron chi connectivity index (χ0n) is 12.3. The molecule has 1 heterocycles. The summed E-state index contributed by atoms with van der Waals surface area (Å²) in [6.07, 6.45) is 1.31. The second-order valence-electron chi connectivity index (χ2n) is 4.86. The molecule has 0 aliphatic carbocycles. The highest BCUT2D eigenvalue weighted by molar-refractivity contribution is 5.63. The summed E-state index contributed by atoms with van der Waals surface area (Å²) >= 11 is 0. The van der Waals surface area contributed by atoms with Crippen LogP contribution in [0.5, 0.6) is 0 Å². The summed E-state index contributed by atoms with van der Waals surface area (Å²) in [6.45, 7) is 0. The number of hydrogen-bond donors (Lipinski definition) is 2. The van der Waals surface area contributed by atoms with Crippen LogP contribution in [0.25, 0.3) is 0 Å². The van der Waals surface area contributed by atoms with Crippen LogP contribution in [0.3, 0.4) is 0 Å². The van der Waals surface area contributed by atoms with Crippen LogP contribution in [-0.4, -0.2) is 9.97 Å². The largest absolute Gasteiger partial charge is 0.340 e. The first-order valence-corrected chi connectivity index (χ1v) is 6.95. The minimum absolute atomic E-state index is 0.104. The second-order valence-corrected chi connectivity index (χ2v) is 4.86. The molecule has 118 valence electrons. The van der Waals surface area contributed by atoms with Gasteiger partial charge in [-0.2, -0.15) is 5.26 Å². The Hall–Kier alpha value is -3.53. The van der Waals surface area contributed by atoms with E-state index in [2.05, 4.69) is 26.7 Å². The van der Waals surface area contributed by atoms with Gasteiger partial charge in [0.1, 0.15) is 29.6 Å². The fourth-order valence-corrected chi connectivity index (χ4v) is 2.04. The highest BCUT2D eigenvalue weighted by atomic mass is 19.1. The molecule has 0 fully saturated rings. The Labute approximate surface area is 136 Å². The highest BCUT2D eigenvalue weighted by Gasteiger charge is 2.06. The molecule has 5 nitrogen and oxygen atoms in total. The van der Waals surface area contributed by atoms with Crippen LogP contribution in [0.2, 0.25) is 0 Å². The lowest BCUT2D eigenvalue weighted by Gasteiger charge is -2.09. The van der Waals surface area contributed by atoms with E-state index in [0.29, 0.717) is 22.9 Å². The van der Waals surface area contributed by atoms with E-state index in [1.807, 2.05) is 0 Å². The van der Waals surface area contributed by atoms with Crippen LogP contribution in [0.15, 0.2) is 54.9 Å². The lowest BCUT2D eigenvalue weighted by molar-refractivity contribution is 0.586. The Bertz CT molecular complexity index is 921. The predicted molar refractivity (Wildman–Crippen MR) is 86.1 cm³/mol. The molecule has 3 aromatic rings. The van der Waals surface area contributed by atoms with Crippen LogP contribution in [0.4, 0.5) is 31.8 Å². The van der Waals surface area contributed by atoms with Gasteiger partial charge in [-0.25, -0.2) is 18.7 Å². The van der Waals surface area contributed by atoms with Crippen LogP contribution >= 0.6 is 0 Å². The SMILES string of the molecule is N#Cc1cccc(Nc2cc(Nc3ccc(F)cc3F)ncn2)c1. The van der Waals surface area contributed by atoms with Crippen molar-refractivity contribution >= 4 is 23.0 Å². The molecule has 0 saturated carbocycles. The molecule has 24 heavy (non-hydrogen) atoms. The topological polar surface area (TPSA) is 73.6 Å². The van der Waals surface area contributed by atoms with Gasteiger partial charge < -0.3 is 10.6 Å². The van der Waals surface area contributed by atoms with Crippen molar-refractivity contribution in [3.05, 3.63) is 72.1 Å². The highest BCUT2D eigenvalue weighted by Crippen LogP contribution is 2.22. The maximum Gasteiger partial charge on any atom is 0.149 e. The van der Waals surface area contributed by atoms with Gasteiger partial charge in [0.05, 0.1) is 17.3 Å². The van der Waals surface area contributed by atoms with Crippen LogP contribution in [-0.2, 0) is 0 Å². The average molecular weight is 323 g/mol. The molecule has 0 atom stereocenters. The van der Waals surface area contributed by atoms with E-state index in [1.54, 1.807) is 30.3 Å². The van der Waals surface area contributed by atoms with E-state index in [9.17, 15) is 8.78 Å². The van der Waals surface area contributed by atoms with Gasteiger partial charge in [-0.3, -0.25) is 0 Å². The van der Waals surface area contributed by atoms with Crippen molar-refractivity contribution in [1.29, 1.82) is 5.26 Å². The van der Waals surface area contributed by atoms with E-state index in [1.165, 1.54) is 12.4 Å². The molecule has 2 aromatic carbocycles. The first-order chi connectivity index (χ1) is 11.6. The van der Waals surface area contributed by atoms with E-state index < -0.39 is 11.6 Å². The third-order valence-electron chi connectivity index (χ3n) is 3.13. The number of aromatic nitrogens is 2. The molecule has 1 aromatic heterocycles. The number of rotatable bonds is 4. The quantitative estimate of drug-likeness (QED) is 0.756. The molecule has 7 heteroatoms. The molecule has 0 unspecified atom stereocenters. The monoisotopic (exact) mass is 323 g/mol. The summed E-state index contributed by atoms with van der Waals surface area (Å²) < 4.78 is 26.6. The maximum absolute atomic E-state index is 13.7. The maximum atomic E-state index is 13.7. The molecule has 0 aliphatic rings. The molecular formula is C17H11F2N5. The van der Waals surface area contributed by atoms with Gasteiger partial charge in [0.15, 0.2) is 0 Å². The van der Waals surface area contributed by atoms with Crippen molar-refractivity contribution in [2.45, 2.75) is 0 Å². The number of anilines is 4. The second kappa shape index (κ2) is 6.71. The third kappa shape index (κ3) is 3.62. The van der Waals surface area contributed by atoms with Gasteiger partial charge in [0.25, 0.3) is 0 Å². The van der Waals surface area contributed by atoms with Gasteiger partial charge in [-0.05, 0) is 30.3 Å². The molecular weight excluding hydrogens is 312 g/mol. The minimum Gasteiger partial charge on any atom is -0.340 e. The van der Waals surface area contributed by atoms with E-state index in [0.717, 1.165) is 12.1 Å². The molecule has 3 rings (SSSR count). The molecule has 0 saturated heterocycles. The zero-order valence-corrected chi connectivity index (χ0v) is 12.3. The molecule has 0 aliphatic heterocycles. The summed E-state index contributed by atoms with van der Waals surface area (Å²) in [4.78, 5) is 8.07. The lowest BCUT2D eigenvalue weighted by atomic mass is 10.2. The first kappa shape index (κ1) is 15.4. The Morgan fingerprint density at radius 1 is 0.917 bits per heavy atom. The van der Waals surface area contributed by atoms with Gasteiger partial charge in [0, 0.05) is 17.8 Å². The Kier molecular flexibility index (Phi) is 4.29. The number of halogens is 2. The Morgan fingerprint density at radius 3 is 2.46 bits per heavy atom. The van der Waals surface area contributed by atoms with Crippen molar-refractivity contribution in [1.82, 2.24) is 9.97 Å². The zero-order chi connectivity index (χ0) is 16.9. The molecule has 0 bridgehead atoms. The number of nitriles is 1. The van der Waals surface area contributed by atoms with Crippen molar-refractivity contribution in [3.8, 4) is 6.07 Å². The number of nitrogens with one attached hydrogen (secondary N) is 2. The van der Waals surface area contributed by atoms with Crippen LogP contribution in [0.1, 0.15) is 5.56 Å². The normalized spacial score (nSPS) is 10.0.